The molecule has 5 heteroatoms. The van der Waals surface area contributed by atoms with Crippen LogP contribution in [-0.4, -0.2) is 0 Å². The van der Waals surface area contributed by atoms with Crippen molar-refractivity contribution in [3.63, 3.8) is 0 Å². The molecule has 25 heavy (non-hydrogen) atoms. The fourth-order valence-electron chi connectivity index (χ4n) is 2.31. The minimum Gasteiger partial charge on any atom is -0.418 e. The first-order valence-corrected chi connectivity index (χ1v) is 9.74. The molecule has 0 aliphatic rings. The second-order valence-electron chi connectivity index (χ2n) is 5.75. The number of benzene rings is 3. The van der Waals surface area contributed by atoms with Crippen LogP contribution in [0.2, 0.25) is 0 Å². The zero-order valence-corrected chi connectivity index (χ0v) is 14.9. The standard InChI is InChI=1S/C20H21N2O2P/c1-17-12-14-19(15-13-17)22-25(23,24-20-10-6-3-7-11-20)21-16-18-8-4-2-5-9-18/h2-15H,16H2,1H3,(H2,21,22,23)/t25-/m1/s1. The first-order valence-electron chi connectivity index (χ1n) is 8.12. The third-order valence-corrected chi connectivity index (χ3v) is 5.23. The van der Waals surface area contributed by atoms with Gasteiger partial charge in [-0.1, -0.05) is 66.2 Å². The Bertz CT molecular complexity index is 837. The van der Waals surface area contributed by atoms with Gasteiger partial charge in [-0.25, -0.2) is 9.65 Å². The maximum absolute atomic E-state index is 13.4. The molecule has 3 aromatic carbocycles. The predicted octanol–water partition coefficient (Wildman–Crippen LogP) is 5.38. The zero-order chi connectivity index (χ0) is 17.5. The first-order chi connectivity index (χ1) is 12.1. The Morgan fingerprint density at radius 1 is 0.840 bits per heavy atom. The molecule has 1 atom stereocenters. The van der Waals surface area contributed by atoms with Crippen molar-refractivity contribution in [2.75, 3.05) is 5.09 Å². The number of hydrogen-bond acceptors (Lipinski definition) is 2. The number of nitrogens with one attached hydrogen (secondary N) is 2. The Kier molecular flexibility index (Phi) is 5.54. The molecule has 0 amide bonds. The van der Waals surface area contributed by atoms with Crippen LogP contribution in [0.5, 0.6) is 5.75 Å². The van der Waals surface area contributed by atoms with Crippen molar-refractivity contribution >= 4 is 13.4 Å². The van der Waals surface area contributed by atoms with Crippen molar-refractivity contribution < 1.29 is 9.09 Å². The van der Waals surface area contributed by atoms with E-state index in [1.165, 1.54) is 0 Å². The highest BCUT2D eigenvalue weighted by atomic mass is 31.2. The van der Waals surface area contributed by atoms with Gasteiger partial charge < -0.3 is 4.52 Å². The Morgan fingerprint density at radius 2 is 1.44 bits per heavy atom. The first kappa shape index (κ1) is 17.3. The van der Waals surface area contributed by atoms with Crippen LogP contribution in [0.1, 0.15) is 11.1 Å². The van der Waals surface area contributed by atoms with Gasteiger partial charge in [-0.2, -0.15) is 0 Å². The lowest BCUT2D eigenvalue weighted by atomic mass is 10.2. The van der Waals surface area contributed by atoms with E-state index in [1.54, 1.807) is 12.1 Å². The quantitative estimate of drug-likeness (QED) is 0.560. The fourth-order valence-corrected chi connectivity index (χ4v) is 3.80. The van der Waals surface area contributed by atoms with Crippen LogP contribution in [0.25, 0.3) is 0 Å². The summed E-state index contributed by atoms with van der Waals surface area (Å²) in [5, 5.41) is 6.07. The second-order valence-corrected chi connectivity index (χ2v) is 7.58. The monoisotopic (exact) mass is 352 g/mol. The molecule has 0 aliphatic carbocycles. The van der Waals surface area contributed by atoms with Crippen LogP contribution in [0.3, 0.4) is 0 Å². The maximum Gasteiger partial charge on any atom is 0.417 e. The summed E-state index contributed by atoms with van der Waals surface area (Å²) in [7, 11) is -3.34. The molecule has 0 saturated heterocycles. The summed E-state index contributed by atoms with van der Waals surface area (Å²) >= 11 is 0. The number of anilines is 1. The number of para-hydroxylation sites is 1. The summed E-state index contributed by atoms with van der Waals surface area (Å²) in [6.07, 6.45) is 0. The van der Waals surface area contributed by atoms with E-state index in [1.807, 2.05) is 79.7 Å². The maximum atomic E-state index is 13.4. The van der Waals surface area contributed by atoms with Crippen LogP contribution in [0, 0.1) is 6.92 Å². The lowest BCUT2D eigenvalue weighted by molar-refractivity contribution is 0.472. The second kappa shape index (κ2) is 8.02. The summed E-state index contributed by atoms with van der Waals surface area (Å²) in [6.45, 7) is 2.45. The van der Waals surface area contributed by atoms with Crippen molar-refractivity contribution in [3.05, 3.63) is 96.1 Å². The van der Waals surface area contributed by atoms with Gasteiger partial charge in [-0.05, 0) is 36.8 Å². The number of aryl methyl sites for hydroxylation is 1. The lowest BCUT2D eigenvalue weighted by Gasteiger charge is -2.22. The summed E-state index contributed by atoms with van der Waals surface area (Å²) in [5.74, 6) is 0.547. The van der Waals surface area contributed by atoms with E-state index in [0.717, 1.165) is 16.8 Å². The molecular weight excluding hydrogens is 331 g/mol. The molecule has 0 unspecified atom stereocenters. The van der Waals surface area contributed by atoms with E-state index in [2.05, 4.69) is 10.2 Å². The van der Waals surface area contributed by atoms with E-state index in [9.17, 15) is 4.57 Å². The van der Waals surface area contributed by atoms with Gasteiger partial charge >= 0.3 is 7.67 Å². The minimum absolute atomic E-state index is 0.434. The lowest BCUT2D eigenvalue weighted by Crippen LogP contribution is -2.20. The Morgan fingerprint density at radius 3 is 2.08 bits per heavy atom. The van der Waals surface area contributed by atoms with Gasteiger partial charge in [-0.3, -0.25) is 5.09 Å². The highest BCUT2D eigenvalue weighted by Gasteiger charge is 2.24. The molecule has 2 N–H and O–H groups in total. The molecule has 0 aliphatic heterocycles. The van der Waals surface area contributed by atoms with Gasteiger partial charge in [-0.15, -0.1) is 0 Å². The summed E-state index contributed by atoms with van der Waals surface area (Å²) in [6, 6.07) is 26.7. The van der Waals surface area contributed by atoms with Gasteiger partial charge in [0.05, 0.1) is 0 Å². The SMILES string of the molecule is Cc1ccc(N[P@@](=O)(NCc2ccccc2)Oc2ccccc2)cc1. The number of rotatable bonds is 7. The normalized spacial score (nSPS) is 13.0. The third kappa shape index (κ3) is 5.21. The summed E-state index contributed by atoms with van der Waals surface area (Å²) in [4.78, 5) is 0. The van der Waals surface area contributed by atoms with Gasteiger partial charge in [0.2, 0.25) is 0 Å². The predicted molar refractivity (Wildman–Crippen MR) is 103 cm³/mol. The van der Waals surface area contributed by atoms with Crippen molar-refractivity contribution in [1.82, 2.24) is 5.09 Å². The van der Waals surface area contributed by atoms with E-state index in [0.29, 0.717) is 12.3 Å². The highest BCUT2D eigenvalue weighted by molar-refractivity contribution is 7.58. The van der Waals surface area contributed by atoms with Gasteiger partial charge in [0.25, 0.3) is 0 Å². The van der Waals surface area contributed by atoms with Crippen molar-refractivity contribution in [2.45, 2.75) is 13.5 Å². The van der Waals surface area contributed by atoms with Gasteiger partial charge in [0, 0.05) is 12.2 Å². The number of hydrogen-bond donors (Lipinski definition) is 2. The molecule has 0 saturated carbocycles. The Labute approximate surface area is 148 Å². The van der Waals surface area contributed by atoms with Gasteiger partial charge in [0.15, 0.2) is 0 Å². The summed E-state index contributed by atoms with van der Waals surface area (Å²) < 4.78 is 19.2. The Hall–Kier alpha value is -2.55. The van der Waals surface area contributed by atoms with Crippen molar-refractivity contribution in [1.29, 1.82) is 0 Å². The average Bonchev–Trinajstić information content (AvgIpc) is 2.64. The molecular formula is C20H21N2O2P. The molecule has 0 fully saturated rings. The topological polar surface area (TPSA) is 50.4 Å². The van der Waals surface area contributed by atoms with Crippen LogP contribution in [-0.2, 0) is 11.1 Å². The molecule has 128 valence electrons. The average molecular weight is 352 g/mol. The van der Waals surface area contributed by atoms with E-state index in [-0.39, 0.29) is 0 Å². The molecule has 0 spiro atoms. The van der Waals surface area contributed by atoms with E-state index in [4.69, 9.17) is 4.52 Å². The van der Waals surface area contributed by atoms with Crippen LogP contribution >= 0.6 is 7.67 Å². The smallest absolute Gasteiger partial charge is 0.417 e. The zero-order valence-electron chi connectivity index (χ0n) is 14.1. The van der Waals surface area contributed by atoms with Crippen LogP contribution in [0.4, 0.5) is 5.69 Å². The third-order valence-electron chi connectivity index (χ3n) is 3.64. The van der Waals surface area contributed by atoms with Crippen molar-refractivity contribution in [2.24, 2.45) is 0 Å². The molecule has 0 bridgehead atoms. The highest BCUT2D eigenvalue weighted by Crippen LogP contribution is 2.43. The van der Waals surface area contributed by atoms with Crippen LogP contribution < -0.4 is 14.7 Å². The van der Waals surface area contributed by atoms with E-state index < -0.39 is 7.67 Å². The molecule has 0 heterocycles. The summed E-state index contributed by atoms with van der Waals surface area (Å²) in [5.41, 5.74) is 2.91. The molecule has 0 aromatic heterocycles. The van der Waals surface area contributed by atoms with Crippen molar-refractivity contribution in [3.8, 4) is 5.75 Å². The van der Waals surface area contributed by atoms with Crippen LogP contribution in [0.15, 0.2) is 84.9 Å². The van der Waals surface area contributed by atoms with E-state index >= 15 is 0 Å². The molecule has 0 radical (unpaired) electrons. The molecule has 3 rings (SSSR count). The molecule has 3 aromatic rings. The Balaban J connectivity index is 1.79. The van der Waals surface area contributed by atoms with Gasteiger partial charge in [0.1, 0.15) is 5.75 Å². The minimum atomic E-state index is -3.34. The largest absolute Gasteiger partial charge is 0.418 e. The fraction of sp³-hybridized carbons (Fsp3) is 0.100. The molecule has 4 nitrogen and oxygen atoms in total.